The Balaban J connectivity index is 2.20. The van der Waals surface area contributed by atoms with E-state index in [1.165, 1.54) is 0 Å². The van der Waals surface area contributed by atoms with Gasteiger partial charge in [0, 0.05) is 24.4 Å². The van der Waals surface area contributed by atoms with Gasteiger partial charge in [0.25, 0.3) is 0 Å². The Morgan fingerprint density at radius 3 is 2.33 bits per heavy atom. The lowest BCUT2D eigenvalue weighted by Crippen LogP contribution is -2.07. The van der Waals surface area contributed by atoms with E-state index in [-0.39, 0.29) is 0 Å². The number of benzene rings is 1. The second kappa shape index (κ2) is 8.76. The molecule has 0 aliphatic rings. The van der Waals surface area contributed by atoms with Crippen LogP contribution in [-0.4, -0.2) is 43.1 Å². The van der Waals surface area contributed by atoms with E-state index in [2.05, 4.69) is 32.7 Å². The van der Waals surface area contributed by atoms with Crippen LogP contribution in [0.25, 0.3) is 0 Å². The van der Waals surface area contributed by atoms with Crippen LogP contribution < -0.4 is 24.8 Å². The number of nitrogens with zero attached hydrogens (tertiary/aromatic N) is 3. The van der Waals surface area contributed by atoms with E-state index in [9.17, 15) is 0 Å². The highest BCUT2D eigenvalue weighted by Crippen LogP contribution is 2.40. The first-order valence-corrected chi connectivity index (χ1v) is 7.72. The van der Waals surface area contributed by atoms with E-state index in [1.54, 1.807) is 39.7 Å². The third-order valence-corrected chi connectivity index (χ3v) is 3.31. The first-order valence-electron chi connectivity index (χ1n) is 7.72. The second-order valence-corrected chi connectivity index (χ2v) is 4.98. The van der Waals surface area contributed by atoms with Gasteiger partial charge in [0.1, 0.15) is 0 Å². The largest absolute Gasteiger partial charge is 0.493 e. The van der Waals surface area contributed by atoms with Gasteiger partial charge in [-0.25, -0.2) is 0 Å². The standard InChI is InChI=1S/C16H23N5O3/c1-5-6-7-17-16-20-14(10-18-21-16)19-11-8-12(22-2)15(24-4)13(9-11)23-3/h8-10H,5-7H2,1-4H3,(H2,17,19,20,21). The van der Waals surface area contributed by atoms with Gasteiger partial charge in [-0.05, 0) is 6.42 Å². The summed E-state index contributed by atoms with van der Waals surface area (Å²) in [6, 6.07) is 3.60. The lowest BCUT2D eigenvalue weighted by atomic mass is 10.2. The van der Waals surface area contributed by atoms with Gasteiger partial charge in [0.2, 0.25) is 11.7 Å². The predicted molar refractivity (Wildman–Crippen MR) is 92.6 cm³/mol. The predicted octanol–water partition coefficient (Wildman–Crippen LogP) is 2.85. The lowest BCUT2D eigenvalue weighted by Gasteiger charge is -2.14. The van der Waals surface area contributed by atoms with Crippen LogP contribution in [0.3, 0.4) is 0 Å². The Bertz CT molecular complexity index is 641. The number of methoxy groups -OCH3 is 3. The quantitative estimate of drug-likeness (QED) is 0.677. The Morgan fingerprint density at radius 1 is 1.04 bits per heavy atom. The molecular weight excluding hydrogens is 310 g/mol. The molecule has 2 aromatic rings. The van der Waals surface area contributed by atoms with Gasteiger partial charge in [0.05, 0.1) is 27.5 Å². The fraction of sp³-hybridized carbons (Fsp3) is 0.438. The molecule has 8 heteroatoms. The molecule has 0 aliphatic carbocycles. The van der Waals surface area contributed by atoms with Crippen molar-refractivity contribution in [3.05, 3.63) is 18.3 Å². The molecule has 0 bridgehead atoms. The maximum Gasteiger partial charge on any atom is 0.244 e. The summed E-state index contributed by atoms with van der Waals surface area (Å²) in [5.74, 6) is 2.71. The first-order chi connectivity index (χ1) is 11.7. The Labute approximate surface area is 141 Å². The smallest absolute Gasteiger partial charge is 0.244 e. The number of ether oxygens (including phenoxy) is 3. The molecule has 1 heterocycles. The maximum absolute atomic E-state index is 5.34. The molecule has 8 nitrogen and oxygen atoms in total. The highest BCUT2D eigenvalue weighted by atomic mass is 16.5. The van der Waals surface area contributed by atoms with Crippen molar-refractivity contribution in [3.8, 4) is 17.2 Å². The molecule has 24 heavy (non-hydrogen) atoms. The van der Waals surface area contributed by atoms with E-state index in [0.717, 1.165) is 25.1 Å². The van der Waals surface area contributed by atoms with E-state index in [4.69, 9.17) is 14.2 Å². The maximum atomic E-state index is 5.34. The van der Waals surface area contributed by atoms with E-state index in [1.807, 2.05) is 0 Å². The van der Waals surface area contributed by atoms with Gasteiger partial charge in [-0.3, -0.25) is 0 Å². The molecule has 0 unspecified atom stereocenters. The average molecular weight is 333 g/mol. The summed E-state index contributed by atoms with van der Waals surface area (Å²) >= 11 is 0. The highest BCUT2D eigenvalue weighted by molar-refractivity contribution is 5.66. The minimum atomic E-state index is 0.487. The molecule has 2 N–H and O–H groups in total. The van der Waals surface area contributed by atoms with Crippen molar-refractivity contribution in [2.45, 2.75) is 19.8 Å². The van der Waals surface area contributed by atoms with Crippen LogP contribution in [0.1, 0.15) is 19.8 Å². The molecule has 0 saturated carbocycles. The third kappa shape index (κ3) is 4.37. The van der Waals surface area contributed by atoms with Crippen molar-refractivity contribution < 1.29 is 14.2 Å². The van der Waals surface area contributed by atoms with Crippen LogP contribution in [0.2, 0.25) is 0 Å². The van der Waals surface area contributed by atoms with E-state index < -0.39 is 0 Å². The van der Waals surface area contributed by atoms with Gasteiger partial charge in [-0.15, -0.1) is 5.10 Å². The average Bonchev–Trinajstić information content (AvgIpc) is 2.61. The Hall–Kier alpha value is -2.77. The fourth-order valence-corrected chi connectivity index (χ4v) is 2.12. The number of nitrogens with one attached hydrogen (secondary N) is 2. The molecule has 0 atom stereocenters. The normalized spacial score (nSPS) is 10.2. The zero-order valence-electron chi connectivity index (χ0n) is 14.4. The number of rotatable bonds is 9. The number of hydrogen-bond donors (Lipinski definition) is 2. The molecule has 0 fully saturated rings. The molecule has 1 aromatic heterocycles. The van der Waals surface area contributed by atoms with Crippen LogP contribution in [0, 0.1) is 0 Å². The molecule has 0 radical (unpaired) electrons. The summed E-state index contributed by atoms with van der Waals surface area (Å²) in [5, 5.41) is 14.2. The van der Waals surface area contributed by atoms with Crippen LogP contribution in [0.5, 0.6) is 17.2 Å². The van der Waals surface area contributed by atoms with Crippen LogP contribution >= 0.6 is 0 Å². The second-order valence-electron chi connectivity index (χ2n) is 4.98. The van der Waals surface area contributed by atoms with Crippen molar-refractivity contribution in [1.29, 1.82) is 0 Å². The lowest BCUT2D eigenvalue weighted by molar-refractivity contribution is 0.324. The summed E-state index contributed by atoms with van der Waals surface area (Å²) in [5.41, 5.74) is 0.740. The van der Waals surface area contributed by atoms with Gasteiger partial charge in [-0.1, -0.05) is 13.3 Å². The van der Waals surface area contributed by atoms with Crippen molar-refractivity contribution in [2.75, 3.05) is 38.5 Å². The number of anilines is 3. The number of aromatic nitrogens is 3. The van der Waals surface area contributed by atoms with Crippen LogP contribution in [-0.2, 0) is 0 Å². The number of hydrogen-bond acceptors (Lipinski definition) is 8. The minimum absolute atomic E-state index is 0.487. The first kappa shape index (κ1) is 17.6. The highest BCUT2D eigenvalue weighted by Gasteiger charge is 2.13. The molecule has 130 valence electrons. The Kier molecular flexibility index (Phi) is 6.41. The zero-order valence-corrected chi connectivity index (χ0v) is 14.4. The topological polar surface area (TPSA) is 90.4 Å². The van der Waals surface area contributed by atoms with Crippen molar-refractivity contribution in [1.82, 2.24) is 15.2 Å². The van der Waals surface area contributed by atoms with Gasteiger partial charge >= 0.3 is 0 Å². The van der Waals surface area contributed by atoms with Crippen molar-refractivity contribution >= 4 is 17.5 Å². The summed E-state index contributed by atoms with van der Waals surface area (Å²) in [6.45, 7) is 2.94. The van der Waals surface area contributed by atoms with Crippen molar-refractivity contribution in [2.24, 2.45) is 0 Å². The molecule has 0 saturated heterocycles. The summed E-state index contributed by atoms with van der Waals surface area (Å²) in [7, 11) is 4.71. The summed E-state index contributed by atoms with van der Waals surface area (Å²) in [6.07, 6.45) is 3.70. The Morgan fingerprint density at radius 2 is 1.75 bits per heavy atom. The molecule has 0 spiro atoms. The number of unbranched alkanes of at least 4 members (excludes halogenated alkanes) is 1. The van der Waals surface area contributed by atoms with E-state index in [0.29, 0.717) is 29.0 Å². The molecule has 0 aliphatic heterocycles. The summed E-state index contributed by atoms with van der Waals surface area (Å²) < 4.78 is 16.0. The van der Waals surface area contributed by atoms with Gasteiger partial charge in [-0.2, -0.15) is 10.1 Å². The van der Waals surface area contributed by atoms with Crippen LogP contribution in [0.15, 0.2) is 18.3 Å². The van der Waals surface area contributed by atoms with Crippen LogP contribution in [0.4, 0.5) is 17.5 Å². The minimum Gasteiger partial charge on any atom is -0.493 e. The molecule has 1 aromatic carbocycles. The molecule has 0 amide bonds. The third-order valence-electron chi connectivity index (χ3n) is 3.31. The zero-order chi connectivity index (χ0) is 17.4. The fourth-order valence-electron chi connectivity index (χ4n) is 2.12. The van der Waals surface area contributed by atoms with Crippen molar-refractivity contribution in [3.63, 3.8) is 0 Å². The summed E-state index contributed by atoms with van der Waals surface area (Å²) in [4.78, 5) is 4.38. The van der Waals surface area contributed by atoms with E-state index >= 15 is 0 Å². The monoisotopic (exact) mass is 333 g/mol. The van der Waals surface area contributed by atoms with Gasteiger partial charge < -0.3 is 24.8 Å². The molecular formula is C16H23N5O3. The molecule has 2 rings (SSSR count). The van der Waals surface area contributed by atoms with Gasteiger partial charge in [0.15, 0.2) is 17.3 Å². The SMILES string of the molecule is CCCCNc1nncc(Nc2cc(OC)c(OC)c(OC)c2)n1.